The van der Waals surface area contributed by atoms with Crippen molar-refractivity contribution >= 4 is 11.8 Å². The predicted octanol–water partition coefficient (Wildman–Crippen LogP) is 4.11. The second-order valence-electron chi connectivity index (χ2n) is 5.75. The summed E-state index contributed by atoms with van der Waals surface area (Å²) in [5.74, 6) is 1.23. The van der Waals surface area contributed by atoms with Crippen molar-refractivity contribution < 1.29 is 0 Å². The third-order valence-corrected chi connectivity index (χ3v) is 4.96. The van der Waals surface area contributed by atoms with Crippen LogP contribution < -0.4 is 5.32 Å². The zero-order chi connectivity index (χ0) is 15.7. The highest BCUT2D eigenvalue weighted by molar-refractivity contribution is 7.98. The first-order valence-electron chi connectivity index (χ1n) is 8.12. The van der Waals surface area contributed by atoms with Crippen LogP contribution in [0.25, 0.3) is 0 Å². The maximum Gasteiger partial charge on any atom is 0.0334 e. The molecular weight excluding hydrogens is 276 g/mol. The van der Waals surface area contributed by atoms with Crippen molar-refractivity contribution in [3.63, 3.8) is 0 Å². The molecule has 0 fully saturated rings. The first kappa shape index (κ1) is 18.5. The number of nitrogens with zero attached hydrogens (tertiary/aromatic N) is 1. The van der Waals surface area contributed by atoms with E-state index >= 15 is 0 Å². The standard InChI is InChI=1S/C18H32N2S/c1-6-16(14-21-5)20(4)13-12-18(19-7-2)17-11-9-8-10-15(17)3/h8-11,16,18-19H,6-7,12-14H2,1-5H3. The summed E-state index contributed by atoms with van der Waals surface area (Å²) in [6.07, 6.45) is 4.60. The Balaban J connectivity index is 2.65. The Labute approximate surface area is 135 Å². The van der Waals surface area contributed by atoms with Crippen LogP contribution in [0, 0.1) is 6.92 Å². The fraction of sp³-hybridized carbons (Fsp3) is 0.667. The number of thioether (sulfide) groups is 1. The Hall–Kier alpha value is -0.510. The smallest absolute Gasteiger partial charge is 0.0334 e. The maximum absolute atomic E-state index is 3.65. The first-order valence-corrected chi connectivity index (χ1v) is 9.51. The van der Waals surface area contributed by atoms with Crippen LogP contribution in [0.4, 0.5) is 0 Å². The van der Waals surface area contributed by atoms with Gasteiger partial charge in [-0.05, 0) is 57.3 Å². The summed E-state index contributed by atoms with van der Waals surface area (Å²) in [4.78, 5) is 2.53. The molecule has 0 aliphatic carbocycles. The van der Waals surface area contributed by atoms with Gasteiger partial charge < -0.3 is 10.2 Å². The molecule has 0 heterocycles. The minimum atomic E-state index is 0.463. The molecule has 0 saturated heterocycles. The fourth-order valence-electron chi connectivity index (χ4n) is 2.86. The van der Waals surface area contributed by atoms with Crippen LogP contribution in [-0.4, -0.2) is 43.1 Å². The zero-order valence-electron chi connectivity index (χ0n) is 14.4. The SMILES string of the molecule is CCNC(CCN(C)C(CC)CSC)c1ccccc1C. The van der Waals surface area contributed by atoms with Gasteiger partial charge in [-0.25, -0.2) is 0 Å². The van der Waals surface area contributed by atoms with E-state index in [1.165, 1.54) is 29.7 Å². The molecule has 3 heteroatoms. The number of nitrogens with one attached hydrogen (secondary N) is 1. The van der Waals surface area contributed by atoms with Gasteiger partial charge in [0.25, 0.3) is 0 Å². The van der Waals surface area contributed by atoms with E-state index in [-0.39, 0.29) is 0 Å². The number of hydrogen-bond acceptors (Lipinski definition) is 3. The molecule has 2 nitrogen and oxygen atoms in total. The molecule has 0 aliphatic rings. The topological polar surface area (TPSA) is 15.3 Å². The molecule has 1 rings (SSSR count). The lowest BCUT2D eigenvalue weighted by atomic mass is 9.98. The van der Waals surface area contributed by atoms with Crippen LogP contribution in [0.5, 0.6) is 0 Å². The second-order valence-corrected chi connectivity index (χ2v) is 6.66. The highest BCUT2D eigenvalue weighted by Crippen LogP contribution is 2.21. The van der Waals surface area contributed by atoms with Gasteiger partial charge in [-0.3, -0.25) is 0 Å². The molecule has 120 valence electrons. The molecule has 0 radical (unpaired) electrons. The van der Waals surface area contributed by atoms with E-state index in [0.29, 0.717) is 12.1 Å². The molecule has 1 aromatic rings. The first-order chi connectivity index (χ1) is 10.1. The van der Waals surface area contributed by atoms with Crippen LogP contribution in [0.1, 0.15) is 43.9 Å². The molecule has 0 saturated carbocycles. The quantitative estimate of drug-likeness (QED) is 0.700. The van der Waals surface area contributed by atoms with Crippen molar-refractivity contribution in [1.82, 2.24) is 10.2 Å². The molecule has 0 aromatic heterocycles. The van der Waals surface area contributed by atoms with E-state index in [1.54, 1.807) is 0 Å². The summed E-state index contributed by atoms with van der Waals surface area (Å²) in [5, 5.41) is 3.65. The molecule has 2 atom stereocenters. The van der Waals surface area contributed by atoms with Crippen LogP contribution in [0.15, 0.2) is 24.3 Å². The minimum absolute atomic E-state index is 0.463. The van der Waals surface area contributed by atoms with Gasteiger partial charge in [0, 0.05) is 17.8 Å². The number of rotatable bonds is 10. The van der Waals surface area contributed by atoms with E-state index in [4.69, 9.17) is 0 Å². The van der Waals surface area contributed by atoms with Crippen molar-refractivity contribution in [2.75, 3.05) is 32.1 Å². The van der Waals surface area contributed by atoms with Crippen molar-refractivity contribution in [3.8, 4) is 0 Å². The molecule has 21 heavy (non-hydrogen) atoms. The average Bonchev–Trinajstić information content (AvgIpc) is 2.49. The Morgan fingerprint density at radius 1 is 1.24 bits per heavy atom. The number of benzene rings is 1. The number of aryl methyl sites for hydroxylation is 1. The third kappa shape index (κ3) is 6.01. The summed E-state index contributed by atoms with van der Waals surface area (Å²) in [7, 11) is 2.27. The van der Waals surface area contributed by atoms with E-state index < -0.39 is 0 Å². The van der Waals surface area contributed by atoms with Crippen LogP contribution in [0.3, 0.4) is 0 Å². The predicted molar refractivity (Wildman–Crippen MR) is 97.3 cm³/mol. The van der Waals surface area contributed by atoms with Gasteiger partial charge in [-0.2, -0.15) is 11.8 Å². The summed E-state index contributed by atoms with van der Waals surface area (Å²) >= 11 is 1.95. The lowest BCUT2D eigenvalue weighted by molar-refractivity contribution is 0.241. The van der Waals surface area contributed by atoms with E-state index in [1.807, 2.05) is 11.8 Å². The Kier molecular flexibility index (Phi) is 9.05. The van der Waals surface area contributed by atoms with Crippen LogP contribution >= 0.6 is 11.8 Å². The minimum Gasteiger partial charge on any atom is -0.310 e. The average molecular weight is 309 g/mol. The van der Waals surface area contributed by atoms with Gasteiger partial charge in [0.2, 0.25) is 0 Å². The third-order valence-electron chi connectivity index (χ3n) is 4.24. The lowest BCUT2D eigenvalue weighted by Crippen LogP contribution is -2.36. The van der Waals surface area contributed by atoms with Crippen LogP contribution in [0.2, 0.25) is 0 Å². The monoisotopic (exact) mass is 308 g/mol. The van der Waals surface area contributed by atoms with Crippen molar-refractivity contribution in [2.45, 2.75) is 45.7 Å². The lowest BCUT2D eigenvalue weighted by Gasteiger charge is -2.29. The van der Waals surface area contributed by atoms with E-state index in [9.17, 15) is 0 Å². The van der Waals surface area contributed by atoms with Gasteiger partial charge in [0.05, 0.1) is 0 Å². The zero-order valence-corrected chi connectivity index (χ0v) is 15.2. The molecular formula is C18H32N2S. The largest absolute Gasteiger partial charge is 0.310 e. The van der Waals surface area contributed by atoms with Crippen molar-refractivity contribution in [2.24, 2.45) is 0 Å². The summed E-state index contributed by atoms with van der Waals surface area (Å²) < 4.78 is 0. The van der Waals surface area contributed by atoms with Gasteiger partial charge in [0.1, 0.15) is 0 Å². The molecule has 0 aliphatic heterocycles. The van der Waals surface area contributed by atoms with Crippen molar-refractivity contribution in [1.29, 1.82) is 0 Å². The Bertz CT molecular complexity index is 395. The fourth-order valence-corrected chi connectivity index (χ4v) is 3.73. The molecule has 0 amide bonds. The Morgan fingerprint density at radius 3 is 2.52 bits per heavy atom. The molecule has 0 spiro atoms. The van der Waals surface area contributed by atoms with Gasteiger partial charge in [0.15, 0.2) is 0 Å². The highest BCUT2D eigenvalue weighted by atomic mass is 32.2. The normalized spacial score (nSPS) is 14.4. The molecule has 2 unspecified atom stereocenters. The number of hydrogen-bond donors (Lipinski definition) is 1. The highest BCUT2D eigenvalue weighted by Gasteiger charge is 2.16. The maximum atomic E-state index is 3.65. The van der Waals surface area contributed by atoms with Crippen LogP contribution in [-0.2, 0) is 0 Å². The van der Waals surface area contributed by atoms with E-state index in [2.05, 4.69) is 68.6 Å². The van der Waals surface area contributed by atoms with Gasteiger partial charge >= 0.3 is 0 Å². The van der Waals surface area contributed by atoms with Crippen molar-refractivity contribution in [3.05, 3.63) is 35.4 Å². The molecule has 0 bridgehead atoms. The second kappa shape index (κ2) is 10.3. The Morgan fingerprint density at radius 2 is 1.95 bits per heavy atom. The van der Waals surface area contributed by atoms with E-state index in [0.717, 1.165) is 13.1 Å². The summed E-state index contributed by atoms with van der Waals surface area (Å²) in [6.45, 7) is 8.86. The molecule has 1 aromatic carbocycles. The summed E-state index contributed by atoms with van der Waals surface area (Å²) in [5.41, 5.74) is 2.84. The van der Waals surface area contributed by atoms with Gasteiger partial charge in [-0.1, -0.05) is 38.1 Å². The van der Waals surface area contributed by atoms with Gasteiger partial charge in [-0.15, -0.1) is 0 Å². The summed E-state index contributed by atoms with van der Waals surface area (Å²) in [6, 6.07) is 9.91. The molecule has 1 N–H and O–H groups in total.